The number of carbonyl (C=O) groups is 1. The van der Waals surface area contributed by atoms with E-state index in [1.54, 1.807) is 0 Å². The summed E-state index contributed by atoms with van der Waals surface area (Å²) in [7, 11) is 0. The van der Waals surface area contributed by atoms with E-state index in [2.05, 4.69) is 0 Å². The zero-order valence-electron chi connectivity index (χ0n) is 7.61. The van der Waals surface area contributed by atoms with Crippen molar-refractivity contribution < 1.29 is 15.0 Å². The molecule has 4 aliphatic carbocycles. The van der Waals surface area contributed by atoms with Gasteiger partial charge in [-0.25, -0.2) is 0 Å². The lowest BCUT2D eigenvalue weighted by Crippen LogP contribution is -2.45. The summed E-state index contributed by atoms with van der Waals surface area (Å²) >= 11 is 0. The third-order valence-electron chi connectivity index (χ3n) is 5.29. The third-order valence-corrected chi connectivity index (χ3v) is 5.29. The molecule has 70 valence electrons. The van der Waals surface area contributed by atoms with Crippen LogP contribution in [0.5, 0.6) is 0 Å². The molecule has 0 saturated heterocycles. The molecule has 0 radical (unpaired) electrons. The zero-order chi connectivity index (χ0) is 9.39. The largest absolute Gasteiger partial charge is 0.481 e. The second kappa shape index (κ2) is 1.18. The molecule has 0 aromatic rings. The Balaban J connectivity index is 1.72. The summed E-state index contributed by atoms with van der Waals surface area (Å²) in [5.41, 5.74) is -0.462. The smallest absolute Gasteiger partial charge is 0.307 e. The van der Waals surface area contributed by atoms with E-state index in [-0.39, 0.29) is 22.7 Å². The number of aliphatic hydroxyl groups is 1. The van der Waals surface area contributed by atoms with Crippen LogP contribution in [0.4, 0.5) is 0 Å². The van der Waals surface area contributed by atoms with Crippen molar-refractivity contribution in [1.29, 1.82) is 0 Å². The summed E-state index contributed by atoms with van der Waals surface area (Å²) in [4.78, 5) is 11.1. The number of aliphatic carboxylic acids is 1. The molecule has 3 heteroatoms. The third kappa shape index (κ3) is 0.278. The molecule has 13 heavy (non-hydrogen) atoms. The molecular weight excluding hydrogens is 168 g/mol. The highest BCUT2D eigenvalue weighted by molar-refractivity contribution is 5.91. The van der Waals surface area contributed by atoms with Gasteiger partial charge in [-0.1, -0.05) is 13.8 Å². The Morgan fingerprint density at radius 3 is 2.00 bits per heavy atom. The second-order valence-electron chi connectivity index (χ2n) is 5.52. The summed E-state index contributed by atoms with van der Waals surface area (Å²) in [5, 5.41) is 19.0. The molecule has 0 amide bonds. The number of carboxylic acid groups (broad SMARTS) is 1. The SMILES string of the molecule is CC(C)[C@H](C(=O)O)[C@]12[C@@H]3C4[C@@]1(O)[C@]432. The van der Waals surface area contributed by atoms with Crippen molar-refractivity contribution in [3.63, 3.8) is 0 Å². The van der Waals surface area contributed by atoms with Crippen molar-refractivity contribution in [2.24, 2.45) is 34.5 Å². The van der Waals surface area contributed by atoms with E-state index in [9.17, 15) is 9.90 Å². The van der Waals surface area contributed by atoms with Crippen LogP contribution in [-0.2, 0) is 4.79 Å². The lowest BCUT2D eigenvalue weighted by atomic mass is 9.69. The first-order valence-electron chi connectivity index (χ1n) is 4.95. The van der Waals surface area contributed by atoms with Crippen LogP contribution < -0.4 is 0 Å². The summed E-state index contributed by atoms with van der Waals surface area (Å²) in [6.07, 6.45) is 0. The van der Waals surface area contributed by atoms with Gasteiger partial charge >= 0.3 is 5.97 Å². The fourth-order valence-electron chi connectivity index (χ4n) is 4.86. The molecule has 4 saturated carbocycles. The minimum Gasteiger partial charge on any atom is -0.481 e. The number of fused-ring (bicyclic) bond motifs is 4. The lowest BCUT2D eigenvalue weighted by molar-refractivity contribution is -0.152. The van der Waals surface area contributed by atoms with Gasteiger partial charge in [0.25, 0.3) is 0 Å². The molecule has 1 unspecified atom stereocenters. The predicted octanol–water partition coefficient (Wildman–Crippen LogP) is 0.334. The monoisotopic (exact) mass is 180 g/mol. The van der Waals surface area contributed by atoms with E-state index in [4.69, 9.17) is 5.11 Å². The van der Waals surface area contributed by atoms with Crippen molar-refractivity contribution in [1.82, 2.24) is 0 Å². The maximum atomic E-state index is 11.1. The molecular formula is C10H12O3. The van der Waals surface area contributed by atoms with Crippen LogP contribution in [0.15, 0.2) is 0 Å². The summed E-state index contributed by atoms with van der Waals surface area (Å²) in [5.74, 6) is 0.273. The molecule has 0 aliphatic heterocycles. The zero-order valence-corrected chi connectivity index (χ0v) is 7.61. The first-order valence-corrected chi connectivity index (χ1v) is 4.95. The normalized spacial score (nSPS) is 69.5. The molecule has 3 nitrogen and oxygen atoms in total. The first kappa shape index (κ1) is 6.82. The second-order valence-corrected chi connectivity index (χ2v) is 5.52. The quantitative estimate of drug-likeness (QED) is 0.658. The van der Waals surface area contributed by atoms with Gasteiger partial charge < -0.3 is 10.2 Å². The first-order chi connectivity index (χ1) is 6.00. The molecule has 6 atom stereocenters. The topological polar surface area (TPSA) is 57.5 Å². The van der Waals surface area contributed by atoms with Gasteiger partial charge in [0, 0.05) is 16.7 Å². The van der Waals surface area contributed by atoms with Crippen LogP contribution in [0, 0.1) is 34.5 Å². The number of hydrogen-bond donors (Lipinski definition) is 2. The average Bonchev–Trinajstić information content (AvgIpc) is 2.88. The van der Waals surface area contributed by atoms with Gasteiger partial charge in [-0.3, -0.25) is 4.79 Å². The Bertz CT molecular complexity index is 364. The predicted molar refractivity (Wildman–Crippen MR) is 42.8 cm³/mol. The average molecular weight is 180 g/mol. The minimum atomic E-state index is -0.712. The van der Waals surface area contributed by atoms with Crippen molar-refractivity contribution >= 4 is 5.97 Å². The molecule has 0 heterocycles. The van der Waals surface area contributed by atoms with Crippen LogP contribution in [0.2, 0.25) is 0 Å². The highest BCUT2D eigenvalue weighted by atomic mass is 16.4. The maximum Gasteiger partial charge on any atom is 0.307 e. The number of hydrogen-bond acceptors (Lipinski definition) is 2. The standard InChI is InChI=1S/C10H12O3/c1-3(2)4(7(11)12)8-5-6-9(5,8)10(6,8)13/h3-6,13H,1-2H3,(H,11,12)/t4-,5+,6?,8-,9+,10+/m1/s1. The Morgan fingerprint density at radius 2 is 1.92 bits per heavy atom. The molecule has 4 fully saturated rings. The van der Waals surface area contributed by atoms with Crippen molar-refractivity contribution in [2.75, 3.05) is 0 Å². The Hall–Kier alpha value is -0.570. The van der Waals surface area contributed by atoms with E-state index in [0.29, 0.717) is 11.8 Å². The van der Waals surface area contributed by atoms with Crippen molar-refractivity contribution in [3.8, 4) is 0 Å². The highest BCUT2D eigenvalue weighted by Crippen LogP contribution is 3.33. The van der Waals surface area contributed by atoms with Crippen LogP contribution in [-0.4, -0.2) is 21.8 Å². The van der Waals surface area contributed by atoms with Gasteiger partial charge in [0.05, 0.1) is 11.5 Å². The van der Waals surface area contributed by atoms with E-state index in [1.807, 2.05) is 13.8 Å². The number of carboxylic acids is 1. The van der Waals surface area contributed by atoms with Crippen LogP contribution in [0.1, 0.15) is 13.8 Å². The van der Waals surface area contributed by atoms with Gasteiger partial charge in [0.15, 0.2) is 0 Å². The van der Waals surface area contributed by atoms with Gasteiger partial charge in [0.2, 0.25) is 0 Å². The fourth-order valence-corrected chi connectivity index (χ4v) is 4.86. The fraction of sp³-hybridized carbons (Fsp3) is 0.900. The van der Waals surface area contributed by atoms with E-state index >= 15 is 0 Å². The van der Waals surface area contributed by atoms with Gasteiger partial charge in [-0.2, -0.15) is 0 Å². The van der Waals surface area contributed by atoms with Crippen molar-refractivity contribution in [2.45, 2.75) is 19.4 Å². The van der Waals surface area contributed by atoms with Gasteiger partial charge in [-0.05, 0) is 11.8 Å². The van der Waals surface area contributed by atoms with Crippen LogP contribution in [0.25, 0.3) is 0 Å². The van der Waals surface area contributed by atoms with Crippen LogP contribution in [0.3, 0.4) is 0 Å². The highest BCUT2D eigenvalue weighted by Gasteiger charge is 3.39. The Kier molecular flexibility index (Phi) is 0.620. The van der Waals surface area contributed by atoms with E-state index in [0.717, 1.165) is 0 Å². The summed E-state index contributed by atoms with van der Waals surface area (Å²) < 4.78 is 0. The van der Waals surface area contributed by atoms with E-state index < -0.39 is 11.6 Å². The summed E-state index contributed by atoms with van der Waals surface area (Å²) in [6, 6.07) is 0. The molecule has 0 bridgehead atoms. The van der Waals surface area contributed by atoms with Crippen molar-refractivity contribution in [3.05, 3.63) is 0 Å². The molecule has 1 spiro atoms. The molecule has 4 rings (SSSR count). The van der Waals surface area contributed by atoms with Gasteiger partial charge in [-0.15, -0.1) is 0 Å². The lowest BCUT2D eigenvalue weighted by Gasteiger charge is -2.36. The minimum absolute atomic E-state index is 0.134. The summed E-state index contributed by atoms with van der Waals surface area (Å²) in [6.45, 7) is 3.89. The maximum absolute atomic E-state index is 11.1. The molecule has 0 aromatic heterocycles. The van der Waals surface area contributed by atoms with Crippen LogP contribution >= 0.6 is 0 Å². The Labute approximate surface area is 75.8 Å². The molecule has 4 aliphatic rings. The molecule has 0 aromatic carbocycles. The Morgan fingerprint density at radius 1 is 1.38 bits per heavy atom. The molecule has 2 N–H and O–H groups in total. The van der Waals surface area contributed by atoms with Gasteiger partial charge in [0.1, 0.15) is 0 Å². The van der Waals surface area contributed by atoms with E-state index in [1.165, 1.54) is 0 Å². The number of rotatable bonds is 3.